The van der Waals surface area contributed by atoms with Gasteiger partial charge < -0.3 is 15.3 Å². The highest BCUT2D eigenvalue weighted by Gasteiger charge is 2.14. The van der Waals surface area contributed by atoms with Gasteiger partial charge >= 0.3 is 0 Å². The van der Waals surface area contributed by atoms with Crippen LogP contribution in [0.1, 0.15) is 11.1 Å². The van der Waals surface area contributed by atoms with Crippen molar-refractivity contribution in [1.29, 1.82) is 0 Å². The number of nitrogens with two attached hydrogens (primary N) is 1. The van der Waals surface area contributed by atoms with Crippen LogP contribution in [0.3, 0.4) is 0 Å². The standard InChI is InChI=1S/C19H19N5O2/c1-25-23-11-17-18(20)21-13-22-19(17)24-15-8-5-9-16(10-15)26-12-14-6-3-2-4-7-14/h2-11,13H,12H2,1H3,(H3,20,21,22,24)/p+1. The van der Waals surface area contributed by atoms with Gasteiger partial charge in [0.25, 0.3) is 0 Å². The van der Waals surface area contributed by atoms with Crippen molar-refractivity contribution in [3.05, 3.63) is 72.1 Å². The third kappa shape index (κ3) is 4.47. The molecule has 0 fully saturated rings. The van der Waals surface area contributed by atoms with Crippen molar-refractivity contribution in [2.75, 3.05) is 18.2 Å². The zero-order valence-corrected chi connectivity index (χ0v) is 14.3. The van der Waals surface area contributed by atoms with E-state index in [9.17, 15) is 0 Å². The van der Waals surface area contributed by atoms with E-state index >= 15 is 0 Å². The van der Waals surface area contributed by atoms with Crippen LogP contribution >= 0.6 is 0 Å². The predicted octanol–water partition coefficient (Wildman–Crippen LogP) is 2.78. The number of ether oxygens (including phenoxy) is 1. The second-order valence-corrected chi connectivity index (χ2v) is 5.42. The number of H-pyrrole nitrogens is 1. The molecule has 3 rings (SSSR count). The lowest BCUT2D eigenvalue weighted by Gasteiger charge is -2.08. The highest BCUT2D eigenvalue weighted by molar-refractivity contribution is 5.91. The number of nitrogen functional groups attached to an aromatic ring is 1. The molecule has 0 unspecified atom stereocenters. The summed E-state index contributed by atoms with van der Waals surface area (Å²) in [5.74, 6) is 1.75. The number of aromatic nitrogens is 2. The smallest absolute Gasteiger partial charge is 0.238 e. The zero-order chi connectivity index (χ0) is 18.2. The quantitative estimate of drug-likeness (QED) is 0.504. The first-order chi connectivity index (χ1) is 12.8. The Balaban J connectivity index is 1.75. The van der Waals surface area contributed by atoms with Gasteiger partial charge in [-0.2, -0.15) is 0 Å². The summed E-state index contributed by atoms with van der Waals surface area (Å²) in [4.78, 5) is 11.8. The van der Waals surface area contributed by atoms with Gasteiger partial charge in [0.05, 0.1) is 11.9 Å². The number of aromatic amines is 1. The van der Waals surface area contributed by atoms with Crippen LogP contribution in [0, 0.1) is 0 Å². The van der Waals surface area contributed by atoms with E-state index in [-0.39, 0.29) is 0 Å². The fraction of sp³-hybridized carbons (Fsp3) is 0.105. The van der Waals surface area contributed by atoms with E-state index in [1.165, 1.54) is 19.7 Å². The monoisotopic (exact) mass is 350 g/mol. The Morgan fingerprint density at radius 3 is 2.85 bits per heavy atom. The average Bonchev–Trinajstić information content (AvgIpc) is 2.67. The molecule has 3 aromatic rings. The minimum atomic E-state index is 0.337. The van der Waals surface area contributed by atoms with Gasteiger partial charge in [0.1, 0.15) is 25.0 Å². The second kappa shape index (κ2) is 8.48. The van der Waals surface area contributed by atoms with Crippen LogP contribution in [0.25, 0.3) is 0 Å². The molecule has 2 aromatic carbocycles. The third-order valence-electron chi connectivity index (χ3n) is 3.60. The lowest BCUT2D eigenvalue weighted by molar-refractivity contribution is -0.365. The van der Waals surface area contributed by atoms with Gasteiger partial charge in [0, 0.05) is 6.07 Å². The third-order valence-corrected chi connectivity index (χ3v) is 3.60. The first-order valence-electron chi connectivity index (χ1n) is 8.03. The van der Waals surface area contributed by atoms with E-state index in [1.54, 1.807) is 0 Å². The van der Waals surface area contributed by atoms with E-state index in [4.69, 9.17) is 15.3 Å². The molecule has 0 saturated carbocycles. The van der Waals surface area contributed by atoms with Crippen molar-refractivity contribution >= 4 is 23.5 Å². The molecule has 7 nitrogen and oxygen atoms in total. The Morgan fingerprint density at radius 1 is 1.19 bits per heavy atom. The highest BCUT2D eigenvalue weighted by atomic mass is 16.6. The van der Waals surface area contributed by atoms with Gasteiger partial charge in [0.2, 0.25) is 18.0 Å². The largest absolute Gasteiger partial charge is 0.489 e. The van der Waals surface area contributed by atoms with Crippen LogP contribution in [-0.4, -0.2) is 18.3 Å². The minimum absolute atomic E-state index is 0.337. The molecule has 0 aliphatic carbocycles. The fourth-order valence-corrected chi connectivity index (χ4v) is 2.33. The SMILES string of the molecule is CON=Cc1c(N)nc[nH+]c1Nc1cccc(OCc2ccccc2)c1. The molecule has 0 spiro atoms. The molecule has 7 heteroatoms. The molecule has 0 saturated heterocycles. The lowest BCUT2D eigenvalue weighted by Crippen LogP contribution is -2.16. The number of hydrogen-bond acceptors (Lipinski definition) is 6. The summed E-state index contributed by atoms with van der Waals surface area (Å²) in [7, 11) is 1.47. The average molecular weight is 350 g/mol. The number of hydrogen-bond donors (Lipinski definition) is 2. The summed E-state index contributed by atoms with van der Waals surface area (Å²) in [6.45, 7) is 0.504. The summed E-state index contributed by atoms with van der Waals surface area (Å²) in [6.07, 6.45) is 3.01. The molecule has 0 amide bonds. The van der Waals surface area contributed by atoms with Crippen molar-refractivity contribution in [2.45, 2.75) is 6.61 Å². The van der Waals surface area contributed by atoms with Crippen molar-refractivity contribution in [3.8, 4) is 5.75 Å². The Hall–Kier alpha value is -3.61. The van der Waals surface area contributed by atoms with Crippen molar-refractivity contribution in [3.63, 3.8) is 0 Å². The summed E-state index contributed by atoms with van der Waals surface area (Å²) >= 11 is 0. The van der Waals surface area contributed by atoms with Gasteiger partial charge in [-0.05, 0) is 17.7 Å². The summed E-state index contributed by atoms with van der Waals surface area (Å²) in [6, 6.07) is 17.7. The first kappa shape index (κ1) is 17.2. The van der Waals surface area contributed by atoms with E-state index < -0.39 is 0 Å². The topological polar surface area (TPSA) is 95.9 Å². The molecule has 1 aromatic heterocycles. The maximum atomic E-state index is 5.92. The van der Waals surface area contributed by atoms with Crippen LogP contribution in [-0.2, 0) is 11.4 Å². The molecule has 0 bridgehead atoms. The number of anilines is 3. The maximum Gasteiger partial charge on any atom is 0.238 e. The number of rotatable bonds is 7. The first-order valence-corrected chi connectivity index (χ1v) is 8.03. The van der Waals surface area contributed by atoms with Crippen LogP contribution < -0.4 is 20.8 Å². The van der Waals surface area contributed by atoms with Gasteiger partial charge in [-0.3, -0.25) is 5.32 Å². The number of oxime groups is 1. The predicted molar refractivity (Wildman–Crippen MR) is 100 cm³/mol. The van der Waals surface area contributed by atoms with Gasteiger partial charge in [-0.15, -0.1) is 0 Å². The lowest BCUT2D eigenvalue weighted by atomic mass is 10.2. The second-order valence-electron chi connectivity index (χ2n) is 5.42. The van der Waals surface area contributed by atoms with Crippen molar-refractivity contribution in [1.82, 2.24) is 4.98 Å². The Morgan fingerprint density at radius 2 is 2.04 bits per heavy atom. The molecular weight excluding hydrogens is 330 g/mol. The van der Waals surface area contributed by atoms with E-state index in [0.717, 1.165) is 17.0 Å². The maximum absolute atomic E-state index is 5.92. The summed E-state index contributed by atoms with van der Waals surface area (Å²) in [5, 5.41) is 7.01. The molecule has 0 radical (unpaired) electrons. The van der Waals surface area contributed by atoms with E-state index in [2.05, 4.69) is 20.4 Å². The zero-order valence-electron chi connectivity index (χ0n) is 14.3. The number of nitrogens with one attached hydrogen (secondary N) is 2. The summed E-state index contributed by atoms with van der Waals surface area (Å²) < 4.78 is 5.86. The van der Waals surface area contributed by atoms with E-state index in [0.29, 0.717) is 23.8 Å². The highest BCUT2D eigenvalue weighted by Crippen LogP contribution is 2.23. The Bertz CT molecular complexity index is 884. The Kier molecular flexibility index (Phi) is 5.61. The van der Waals surface area contributed by atoms with Crippen molar-refractivity contribution in [2.24, 2.45) is 5.16 Å². The van der Waals surface area contributed by atoms with E-state index in [1.807, 2.05) is 54.6 Å². The molecule has 0 aliphatic heterocycles. The summed E-state index contributed by atoms with van der Waals surface area (Å²) in [5.41, 5.74) is 8.46. The molecule has 1 heterocycles. The molecule has 132 valence electrons. The van der Waals surface area contributed by atoms with Crippen LogP contribution in [0.4, 0.5) is 17.3 Å². The van der Waals surface area contributed by atoms with Gasteiger partial charge in [-0.25, -0.2) is 4.98 Å². The molecular formula is C19H20N5O2+. The molecule has 0 aliphatic rings. The number of nitrogens with zero attached hydrogens (tertiary/aromatic N) is 2. The van der Waals surface area contributed by atoms with Crippen LogP contribution in [0.15, 0.2) is 66.1 Å². The van der Waals surface area contributed by atoms with Crippen LogP contribution in [0.2, 0.25) is 0 Å². The molecule has 0 atom stereocenters. The molecule has 26 heavy (non-hydrogen) atoms. The fourth-order valence-electron chi connectivity index (χ4n) is 2.33. The van der Waals surface area contributed by atoms with Crippen molar-refractivity contribution < 1.29 is 14.6 Å². The minimum Gasteiger partial charge on any atom is -0.489 e. The van der Waals surface area contributed by atoms with Crippen LogP contribution in [0.5, 0.6) is 5.75 Å². The normalized spacial score (nSPS) is 10.7. The van der Waals surface area contributed by atoms with Gasteiger partial charge in [-0.1, -0.05) is 46.5 Å². The number of benzene rings is 2. The molecule has 4 N–H and O–H groups in total. The Labute approximate surface area is 151 Å². The van der Waals surface area contributed by atoms with Gasteiger partial charge in [0.15, 0.2) is 0 Å².